The van der Waals surface area contributed by atoms with Crippen LogP contribution in [0.15, 0.2) is 41.4 Å². The molecule has 2 heterocycles. The van der Waals surface area contributed by atoms with E-state index < -0.39 is 11.7 Å². The van der Waals surface area contributed by atoms with Crippen molar-refractivity contribution in [1.29, 1.82) is 0 Å². The maximum Gasteiger partial charge on any atom is 0.252 e. The van der Waals surface area contributed by atoms with Gasteiger partial charge in [-0.1, -0.05) is 0 Å². The molecule has 1 aromatic heterocycles. The summed E-state index contributed by atoms with van der Waals surface area (Å²) in [4.78, 5) is 30.3. The molecule has 0 aliphatic carbocycles. The van der Waals surface area contributed by atoms with Crippen molar-refractivity contribution in [2.24, 2.45) is 0 Å². The van der Waals surface area contributed by atoms with Gasteiger partial charge in [-0.25, -0.2) is 9.37 Å². The second-order valence-electron chi connectivity index (χ2n) is 6.25. The van der Waals surface area contributed by atoms with Crippen LogP contribution >= 0.6 is 15.9 Å². The molecule has 1 aliphatic rings. The number of aromatic nitrogens is 2. The van der Waals surface area contributed by atoms with Crippen LogP contribution in [0.1, 0.15) is 35.7 Å². The van der Waals surface area contributed by atoms with Gasteiger partial charge in [-0.3, -0.25) is 9.59 Å². The van der Waals surface area contributed by atoms with Crippen LogP contribution in [0.3, 0.4) is 0 Å². The minimum Gasteiger partial charge on any atom is -0.351 e. The summed E-state index contributed by atoms with van der Waals surface area (Å²) in [5, 5.41) is 2.67. The molecule has 0 saturated carbocycles. The van der Waals surface area contributed by atoms with E-state index in [0.29, 0.717) is 23.6 Å². The standard InChI is InChI=1S/C18H20BrFN4O2/c19-16-2-1-13(20)11-15(16)18(26)22-6-3-17(25)23-8-4-14(5-9-23)24-10-7-21-12-24/h1-2,7,10-12,14H,3-6,8-9H2,(H,22,26). The number of nitrogens with one attached hydrogen (secondary N) is 1. The van der Waals surface area contributed by atoms with Gasteiger partial charge in [0.1, 0.15) is 5.82 Å². The first kappa shape index (κ1) is 18.6. The van der Waals surface area contributed by atoms with Gasteiger partial charge in [0.15, 0.2) is 0 Å². The fourth-order valence-corrected chi connectivity index (χ4v) is 3.53. The summed E-state index contributed by atoms with van der Waals surface area (Å²) in [7, 11) is 0. The van der Waals surface area contributed by atoms with Crippen LogP contribution in [0.4, 0.5) is 4.39 Å². The fraction of sp³-hybridized carbons (Fsp3) is 0.389. The molecular weight excluding hydrogens is 403 g/mol. The van der Waals surface area contributed by atoms with Crippen LogP contribution in [0, 0.1) is 5.82 Å². The Kier molecular flexibility index (Phi) is 6.03. The summed E-state index contributed by atoms with van der Waals surface area (Å²) in [6.07, 6.45) is 7.53. The second-order valence-corrected chi connectivity index (χ2v) is 7.11. The maximum absolute atomic E-state index is 13.3. The number of hydrogen-bond donors (Lipinski definition) is 1. The summed E-state index contributed by atoms with van der Waals surface area (Å²) in [6, 6.07) is 4.31. The van der Waals surface area contributed by atoms with Crippen LogP contribution in [0.2, 0.25) is 0 Å². The van der Waals surface area contributed by atoms with E-state index >= 15 is 0 Å². The van der Waals surface area contributed by atoms with Crippen molar-refractivity contribution in [3.05, 3.63) is 52.8 Å². The van der Waals surface area contributed by atoms with E-state index in [1.54, 1.807) is 6.20 Å². The number of amides is 2. The molecular formula is C18H20BrFN4O2. The number of nitrogens with zero attached hydrogens (tertiary/aromatic N) is 3. The van der Waals surface area contributed by atoms with Crippen molar-refractivity contribution in [2.75, 3.05) is 19.6 Å². The Morgan fingerprint density at radius 2 is 2.08 bits per heavy atom. The van der Waals surface area contributed by atoms with Gasteiger partial charge in [-0.05, 0) is 47.0 Å². The molecule has 2 amide bonds. The zero-order chi connectivity index (χ0) is 18.5. The third-order valence-corrected chi connectivity index (χ3v) is 5.25. The number of likely N-dealkylation sites (tertiary alicyclic amines) is 1. The van der Waals surface area contributed by atoms with Crippen molar-refractivity contribution in [2.45, 2.75) is 25.3 Å². The summed E-state index contributed by atoms with van der Waals surface area (Å²) < 4.78 is 15.9. The lowest BCUT2D eigenvalue weighted by atomic mass is 10.0. The lowest BCUT2D eigenvalue weighted by Crippen LogP contribution is -2.40. The van der Waals surface area contributed by atoms with Gasteiger partial charge in [-0.2, -0.15) is 0 Å². The molecule has 0 radical (unpaired) electrons. The molecule has 1 N–H and O–H groups in total. The quantitative estimate of drug-likeness (QED) is 0.805. The SMILES string of the molecule is O=C(NCCC(=O)N1CCC(n2ccnc2)CC1)c1cc(F)ccc1Br. The van der Waals surface area contributed by atoms with Crippen molar-refractivity contribution >= 4 is 27.7 Å². The van der Waals surface area contributed by atoms with Crippen molar-refractivity contribution < 1.29 is 14.0 Å². The zero-order valence-electron chi connectivity index (χ0n) is 14.2. The van der Waals surface area contributed by atoms with Gasteiger partial charge in [0.2, 0.25) is 5.91 Å². The molecule has 0 bridgehead atoms. The number of piperidine rings is 1. The Balaban J connectivity index is 1.43. The number of carbonyl (C=O) groups excluding carboxylic acids is 2. The van der Waals surface area contributed by atoms with Gasteiger partial charge in [0, 0.05) is 49.0 Å². The van der Waals surface area contributed by atoms with Crippen LogP contribution < -0.4 is 5.32 Å². The average molecular weight is 423 g/mol. The highest BCUT2D eigenvalue weighted by molar-refractivity contribution is 9.10. The highest BCUT2D eigenvalue weighted by Crippen LogP contribution is 2.22. The van der Waals surface area contributed by atoms with Gasteiger partial charge in [-0.15, -0.1) is 0 Å². The molecule has 3 rings (SSSR count). The molecule has 1 aromatic carbocycles. The molecule has 8 heteroatoms. The number of carbonyl (C=O) groups is 2. The van der Waals surface area contributed by atoms with E-state index in [4.69, 9.17) is 0 Å². The van der Waals surface area contributed by atoms with Gasteiger partial charge in [0.05, 0.1) is 11.9 Å². The van der Waals surface area contributed by atoms with Crippen LogP contribution in [-0.4, -0.2) is 45.9 Å². The Hall–Kier alpha value is -2.22. The predicted molar refractivity (Wildman–Crippen MR) is 98.1 cm³/mol. The van der Waals surface area contributed by atoms with Crippen molar-refractivity contribution in [3.8, 4) is 0 Å². The van der Waals surface area contributed by atoms with Crippen molar-refractivity contribution in [3.63, 3.8) is 0 Å². The van der Waals surface area contributed by atoms with Crippen LogP contribution in [0.25, 0.3) is 0 Å². The first-order valence-electron chi connectivity index (χ1n) is 8.53. The molecule has 1 fully saturated rings. The molecule has 0 unspecified atom stereocenters. The Labute approximate surface area is 159 Å². The van der Waals surface area contributed by atoms with E-state index in [1.165, 1.54) is 18.2 Å². The third kappa shape index (κ3) is 4.49. The number of rotatable bonds is 5. The molecule has 0 spiro atoms. The minimum atomic E-state index is -0.477. The number of benzene rings is 1. The van der Waals surface area contributed by atoms with Gasteiger partial charge < -0.3 is 14.8 Å². The van der Waals surface area contributed by atoms with Crippen molar-refractivity contribution in [1.82, 2.24) is 19.8 Å². The first-order valence-corrected chi connectivity index (χ1v) is 9.32. The Morgan fingerprint density at radius 1 is 1.31 bits per heavy atom. The summed E-state index contributed by atoms with van der Waals surface area (Å²) in [6.45, 7) is 1.62. The summed E-state index contributed by atoms with van der Waals surface area (Å²) in [5.74, 6) is -0.856. The molecule has 2 aromatic rings. The number of halogens is 2. The fourth-order valence-electron chi connectivity index (χ4n) is 3.11. The zero-order valence-corrected chi connectivity index (χ0v) is 15.8. The van der Waals surface area contributed by atoms with E-state index in [1.807, 2.05) is 17.4 Å². The number of hydrogen-bond acceptors (Lipinski definition) is 3. The second kappa shape index (κ2) is 8.44. The predicted octanol–water partition coefficient (Wildman–Crippen LogP) is 2.77. The van der Waals surface area contributed by atoms with E-state index in [-0.39, 0.29) is 24.4 Å². The maximum atomic E-state index is 13.3. The summed E-state index contributed by atoms with van der Waals surface area (Å²) >= 11 is 3.23. The topological polar surface area (TPSA) is 67.2 Å². The Morgan fingerprint density at radius 3 is 2.77 bits per heavy atom. The molecule has 138 valence electrons. The van der Waals surface area contributed by atoms with Crippen LogP contribution in [-0.2, 0) is 4.79 Å². The lowest BCUT2D eigenvalue weighted by molar-refractivity contribution is -0.132. The summed E-state index contributed by atoms with van der Waals surface area (Å²) in [5.41, 5.74) is 0.221. The monoisotopic (exact) mass is 422 g/mol. The largest absolute Gasteiger partial charge is 0.351 e. The highest BCUT2D eigenvalue weighted by Gasteiger charge is 2.23. The van der Waals surface area contributed by atoms with E-state index in [9.17, 15) is 14.0 Å². The Bertz CT molecular complexity index is 774. The molecule has 6 nitrogen and oxygen atoms in total. The molecule has 1 saturated heterocycles. The van der Waals surface area contributed by atoms with E-state index in [2.05, 4.69) is 30.8 Å². The minimum absolute atomic E-state index is 0.0210. The van der Waals surface area contributed by atoms with Gasteiger partial charge in [0.25, 0.3) is 5.91 Å². The molecule has 0 atom stereocenters. The van der Waals surface area contributed by atoms with Crippen LogP contribution in [0.5, 0.6) is 0 Å². The lowest BCUT2D eigenvalue weighted by Gasteiger charge is -2.32. The highest BCUT2D eigenvalue weighted by atomic mass is 79.9. The first-order chi connectivity index (χ1) is 12.5. The smallest absolute Gasteiger partial charge is 0.252 e. The third-order valence-electron chi connectivity index (χ3n) is 4.56. The number of imidazole rings is 1. The molecule has 26 heavy (non-hydrogen) atoms. The normalized spacial score (nSPS) is 15.1. The molecule has 1 aliphatic heterocycles. The van der Waals surface area contributed by atoms with Gasteiger partial charge >= 0.3 is 0 Å². The van der Waals surface area contributed by atoms with E-state index in [0.717, 1.165) is 12.8 Å². The average Bonchev–Trinajstić information content (AvgIpc) is 3.18.